The van der Waals surface area contributed by atoms with Gasteiger partial charge in [-0.2, -0.15) is 0 Å². The molecule has 0 aliphatic rings. The Kier molecular flexibility index (Phi) is 4.09. The summed E-state index contributed by atoms with van der Waals surface area (Å²) in [6.07, 6.45) is -0.828. The summed E-state index contributed by atoms with van der Waals surface area (Å²) in [5.74, 6) is 0.352. The highest BCUT2D eigenvalue weighted by molar-refractivity contribution is 5.48. The second kappa shape index (κ2) is 5.63. The summed E-state index contributed by atoms with van der Waals surface area (Å²) in [6, 6.07) is 8.30. The summed E-state index contributed by atoms with van der Waals surface area (Å²) in [7, 11) is 1.59. The van der Waals surface area contributed by atoms with Crippen LogP contribution in [0.2, 0.25) is 0 Å². The van der Waals surface area contributed by atoms with Crippen LogP contribution in [0, 0.1) is 26.6 Å². The van der Waals surface area contributed by atoms with Crippen molar-refractivity contribution in [1.29, 1.82) is 0 Å². The molecule has 20 heavy (non-hydrogen) atoms. The van der Waals surface area contributed by atoms with Crippen LogP contribution in [0.1, 0.15) is 33.9 Å². The van der Waals surface area contributed by atoms with Gasteiger partial charge in [-0.05, 0) is 61.2 Å². The van der Waals surface area contributed by atoms with E-state index in [4.69, 9.17) is 4.74 Å². The highest BCUT2D eigenvalue weighted by atomic mass is 19.1. The highest BCUT2D eigenvalue weighted by Crippen LogP contribution is 2.35. The molecule has 2 aromatic rings. The Morgan fingerprint density at radius 2 is 1.75 bits per heavy atom. The molecule has 106 valence electrons. The molecule has 1 atom stereocenters. The lowest BCUT2D eigenvalue weighted by Crippen LogP contribution is -2.07. The molecule has 0 radical (unpaired) electrons. The van der Waals surface area contributed by atoms with Gasteiger partial charge in [0.15, 0.2) is 0 Å². The highest BCUT2D eigenvalue weighted by Gasteiger charge is 2.20. The lowest BCUT2D eigenvalue weighted by Gasteiger charge is -2.20. The lowest BCUT2D eigenvalue weighted by molar-refractivity contribution is 0.213. The molecule has 1 N–H and O–H groups in total. The third-order valence-corrected chi connectivity index (χ3v) is 3.51. The summed E-state index contributed by atoms with van der Waals surface area (Å²) in [4.78, 5) is 0. The van der Waals surface area contributed by atoms with Gasteiger partial charge in [0.05, 0.1) is 7.11 Å². The quantitative estimate of drug-likeness (QED) is 0.921. The van der Waals surface area contributed by atoms with Crippen molar-refractivity contribution in [2.24, 2.45) is 0 Å². The number of aryl methyl sites for hydroxylation is 3. The average Bonchev–Trinajstić information content (AvgIpc) is 2.37. The first-order valence-corrected chi connectivity index (χ1v) is 6.53. The van der Waals surface area contributed by atoms with Gasteiger partial charge in [-0.25, -0.2) is 4.39 Å². The number of hydrogen-bond acceptors (Lipinski definition) is 2. The number of hydrogen-bond donors (Lipinski definition) is 1. The fraction of sp³-hybridized carbons (Fsp3) is 0.294. The number of aliphatic hydroxyl groups excluding tert-OH is 1. The van der Waals surface area contributed by atoms with Crippen molar-refractivity contribution in [3.63, 3.8) is 0 Å². The topological polar surface area (TPSA) is 29.5 Å². The Balaban J connectivity index is 2.55. The predicted molar refractivity (Wildman–Crippen MR) is 77.7 cm³/mol. The molecule has 0 bridgehead atoms. The Labute approximate surface area is 118 Å². The van der Waals surface area contributed by atoms with Gasteiger partial charge in [-0.15, -0.1) is 0 Å². The van der Waals surface area contributed by atoms with Gasteiger partial charge in [0, 0.05) is 5.56 Å². The Bertz CT molecular complexity index is 635. The van der Waals surface area contributed by atoms with Crippen molar-refractivity contribution in [3.8, 4) is 5.75 Å². The maximum absolute atomic E-state index is 13.2. The first kappa shape index (κ1) is 14.5. The van der Waals surface area contributed by atoms with E-state index < -0.39 is 6.10 Å². The van der Waals surface area contributed by atoms with Gasteiger partial charge >= 0.3 is 0 Å². The summed E-state index contributed by atoms with van der Waals surface area (Å²) in [5.41, 5.74) is 4.17. The van der Waals surface area contributed by atoms with Crippen LogP contribution in [0.3, 0.4) is 0 Å². The van der Waals surface area contributed by atoms with Gasteiger partial charge in [-0.3, -0.25) is 0 Å². The summed E-state index contributed by atoms with van der Waals surface area (Å²) < 4.78 is 18.6. The molecule has 2 nitrogen and oxygen atoms in total. The van der Waals surface area contributed by atoms with Crippen LogP contribution < -0.4 is 4.74 Å². The predicted octanol–water partition coefficient (Wildman–Crippen LogP) is 3.84. The first-order valence-electron chi connectivity index (χ1n) is 6.53. The molecule has 1 unspecified atom stereocenters. The monoisotopic (exact) mass is 274 g/mol. The molecule has 0 fully saturated rings. The summed E-state index contributed by atoms with van der Waals surface area (Å²) >= 11 is 0. The molecule has 0 spiro atoms. The average molecular weight is 274 g/mol. The molecular weight excluding hydrogens is 255 g/mol. The zero-order valence-electron chi connectivity index (χ0n) is 12.2. The number of aliphatic hydroxyl groups is 1. The molecule has 0 amide bonds. The SMILES string of the molecule is COc1cc(C)cc(C)c1C(O)c1ccc(F)cc1C. The fourth-order valence-electron chi connectivity index (χ4n) is 2.56. The molecule has 0 aromatic heterocycles. The smallest absolute Gasteiger partial charge is 0.125 e. The zero-order chi connectivity index (χ0) is 14.9. The van der Waals surface area contributed by atoms with Crippen molar-refractivity contribution in [1.82, 2.24) is 0 Å². The normalized spacial score (nSPS) is 12.3. The molecule has 0 aliphatic carbocycles. The van der Waals surface area contributed by atoms with Gasteiger partial charge in [0.2, 0.25) is 0 Å². The van der Waals surface area contributed by atoms with Crippen LogP contribution in [0.25, 0.3) is 0 Å². The minimum atomic E-state index is -0.828. The van der Waals surface area contributed by atoms with Crippen LogP contribution in [0.4, 0.5) is 4.39 Å². The van der Waals surface area contributed by atoms with Crippen molar-refractivity contribution in [2.45, 2.75) is 26.9 Å². The third-order valence-electron chi connectivity index (χ3n) is 3.51. The van der Waals surface area contributed by atoms with Crippen LogP contribution in [-0.4, -0.2) is 12.2 Å². The number of methoxy groups -OCH3 is 1. The van der Waals surface area contributed by atoms with E-state index in [1.165, 1.54) is 12.1 Å². The summed E-state index contributed by atoms with van der Waals surface area (Å²) in [5, 5.41) is 10.6. The molecule has 0 saturated carbocycles. The van der Waals surface area contributed by atoms with E-state index in [2.05, 4.69) is 0 Å². The van der Waals surface area contributed by atoms with Crippen molar-refractivity contribution in [2.75, 3.05) is 7.11 Å². The Hall–Kier alpha value is -1.87. The van der Waals surface area contributed by atoms with E-state index in [0.717, 1.165) is 22.3 Å². The van der Waals surface area contributed by atoms with E-state index in [9.17, 15) is 9.50 Å². The van der Waals surface area contributed by atoms with Gasteiger partial charge < -0.3 is 9.84 Å². The molecule has 2 aromatic carbocycles. The minimum Gasteiger partial charge on any atom is -0.496 e. The van der Waals surface area contributed by atoms with Crippen molar-refractivity contribution in [3.05, 3.63) is 64.0 Å². The molecule has 0 aliphatic heterocycles. The van der Waals surface area contributed by atoms with Crippen LogP contribution in [-0.2, 0) is 0 Å². The second-order valence-electron chi connectivity index (χ2n) is 5.10. The number of rotatable bonds is 3. The number of halogens is 1. The number of ether oxygens (including phenoxy) is 1. The van der Waals surface area contributed by atoms with Crippen molar-refractivity contribution < 1.29 is 14.2 Å². The van der Waals surface area contributed by atoms with E-state index in [1.54, 1.807) is 20.1 Å². The third kappa shape index (κ3) is 2.68. The second-order valence-corrected chi connectivity index (χ2v) is 5.10. The lowest BCUT2D eigenvalue weighted by atomic mass is 9.92. The van der Waals surface area contributed by atoms with Gasteiger partial charge in [-0.1, -0.05) is 12.1 Å². The maximum atomic E-state index is 13.2. The Morgan fingerprint density at radius 3 is 2.35 bits per heavy atom. The fourth-order valence-corrected chi connectivity index (χ4v) is 2.56. The van der Waals surface area contributed by atoms with Crippen LogP contribution >= 0.6 is 0 Å². The molecular formula is C17H19FO2. The van der Waals surface area contributed by atoms with Crippen LogP contribution in [0.15, 0.2) is 30.3 Å². The first-order chi connectivity index (χ1) is 9.43. The van der Waals surface area contributed by atoms with E-state index in [1.807, 2.05) is 26.0 Å². The largest absolute Gasteiger partial charge is 0.496 e. The van der Waals surface area contributed by atoms with Gasteiger partial charge in [0.1, 0.15) is 17.7 Å². The maximum Gasteiger partial charge on any atom is 0.125 e. The zero-order valence-corrected chi connectivity index (χ0v) is 12.2. The van der Waals surface area contributed by atoms with Crippen molar-refractivity contribution >= 4 is 0 Å². The van der Waals surface area contributed by atoms with Crippen LogP contribution in [0.5, 0.6) is 5.75 Å². The van der Waals surface area contributed by atoms with E-state index >= 15 is 0 Å². The minimum absolute atomic E-state index is 0.300. The Morgan fingerprint density at radius 1 is 1.05 bits per heavy atom. The summed E-state index contributed by atoms with van der Waals surface area (Å²) in [6.45, 7) is 5.71. The standard InChI is InChI=1S/C17H19FO2/c1-10-7-12(3)16(15(8-10)20-4)17(19)14-6-5-13(18)9-11(14)2/h5-9,17,19H,1-4H3. The van der Waals surface area contributed by atoms with Gasteiger partial charge in [0.25, 0.3) is 0 Å². The molecule has 0 saturated heterocycles. The molecule has 0 heterocycles. The molecule has 2 rings (SSSR count). The molecule has 3 heteroatoms. The van der Waals surface area contributed by atoms with E-state index in [0.29, 0.717) is 11.3 Å². The number of benzene rings is 2. The van der Waals surface area contributed by atoms with E-state index in [-0.39, 0.29) is 5.82 Å².